The van der Waals surface area contributed by atoms with Gasteiger partial charge in [-0.15, -0.1) is 22.7 Å². The molecule has 3 aromatic carbocycles. The van der Waals surface area contributed by atoms with Crippen LogP contribution in [0.4, 0.5) is 0 Å². The minimum atomic E-state index is 0.0506. The highest BCUT2D eigenvalue weighted by Gasteiger charge is 2.20. The number of thiophene rings is 2. The molecule has 0 unspecified atom stereocenters. The van der Waals surface area contributed by atoms with E-state index in [9.17, 15) is 0 Å². The molecule has 1 nitrogen and oxygen atoms in total. The largest absolute Gasteiger partial charge is 0.237 e. The van der Waals surface area contributed by atoms with E-state index in [0.29, 0.717) is 0 Å². The summed E-state index contributed by atoms with van der Waals surface area (Å²) < 4.78 is 1.32. The second-order valence-electron chi connectivity index (χ2n) is 9.33. The van der Waals surface area contributed by atoms with Gasteiger partial charge in [0.25, 0.3) is 0 Å². The first-order chi connectivity index (χ1) is 15.5. The predicted molar refractivity (Wildman–Crippen MR) is 142 cm³/mol. The summed E-state index contributed by atoms with van der Waals surface area (Å²) in [7, 11) is 0. The zero-order valence-electron chi connectivity index (χ0n) is 18.3. The molecule has 156 valence electrons. The monoisotopic (exact) mass is 449 g/mol. The summed E-state index contributed by atoms with van der Waals surface area (Å²) in [6, 6.07) is 26.5. The van der Waals surface area contributed by atoms with Crippen LogP contribution in [0.2, 0.25) is 0 Å². The van der Waals surface area contributed by atoms with Crippen LogP contribution in [0, 0.1) is 0 Å². The summed E-state index contributed by atoms with van der Waals surface area (Å²) >= 11 is 3.53. The van der Waals surface area contributed by atoms with E-state index in [-0.39, 0.29) is 5.41 Å². The number of hydrogen-bond donors (Lipinski definition) is 0. The van der Waals surface area contributed by atoms with Crippen molar-refractivity contribution in [2.45, 2.75) is 26.2 Å². The predicted octanol–water partition coefficient (Wildman–Crippen LogP) is 9.30. The van der Waals surface area contributed by atoms with Gasteiger partial charge in [-0.05, 0) is 68.4 Å². The molecule has 0 saturated carbocycles. The molecular weight excluding hydrogens is 426 g/mol. The van der Waals surface area contributed by atoms with E-state index in [4.69, 9.17) is 4.98 Å². The molecule has 0 aliphatic rings. The van der Waals surface area contributed by atoms with Crippen molar-refractivity contribution < 1.29 is 0 Å². The van der Waals surface area contributed by atoms with Gasteiger partial charge in [0, 0.05) is 26.6 Å². The molecule has 0 saturated heterocycles. The Balaban J connectivity index is 1.64. The molecule has 0 fully saturated rings. The van der Waals surface area contributed by atoms with E-state index in [1.54, 1.807) is 11.3 Å². The normalized spacial score (nSPS) is 12.2. The molecule has 0 aliphatic carbocycles. The van der Waals surface area contributed by atoms with Crippen molar-refractivity contribution in [3.63, 3.8) is 0 Å². The molecule has 0 N–H and O–H groups in total. The third-order valence-electron chi connectivity index (χ3n) is 6.17. The van der Waals surface area contributed by atoms with Gasteiger partial charge in [0.2, 0.25) is 0 Å². The van der Waals surface area contributed by atoms with Crippen LogP contribution < -0.4 is 0 Å². The Labute approximate surface area is 196 Å². The zero-order chi connectivity index (χ0) is 21.9. The maximum Gasteiger partial charge on any atom is 0.124 e. The van der Waals surface area contributed by atoms with Gasteiger partial charge in [-0.25, -0.2) is 4.98 Å². The highest BCUT2D eigenvalue weighted by Crippen LogP contribution is 2.41. The van der Waals surface area contributed by atoms with Crippen LogP contribution >= 0.6 is 22.7 Å². The molecule has 3 heteroatoms. The van der Waals surface area contributed by atoms with Crippen molar-refractivity contribution in [2.24, 2.45) is 0 Å². The van der Waals surface area contributed by atoms with Gasteiger partial charge in [0.05, 0.1) is 5.69 Å². The summed E-state index contributed by atoms with van der Waals surface area (Å²) in [5.74, 6) is 0. The third kappa shape index (κ3) is 3.16. The van der Waals surface area contributed by atoms with Crippen LogP contribution in [0.5, 0.6) is 0 Å². The molecule has 3 heterocycles. The Hall–Kier alpha value is -3.01. The second-order valence-corrected chi connectivity index (χ2v) is 11.1. The molecule has 0 spiro atoms. The lowest BCUT2D eigenvalue weighted by Crippen LogP contribution is -2.12. The zero-order valence-corrected chi connectivity index (χ0v) is 20.0. The smallest absolute Gasteiger partial charge is 0.124 e. The first kappa shape index (κ1) is 19.7. The topological polar surface area (TPSA) is 12.9 Å². The maximum absolute atomic E-state index is 5.11. The summed E-state index contributed by atoms with van der Waals surface area (Å²) in [6.45, 7) is 6.87. The van der Waals surface area contributed by atoms with Gasteiger partial charge in [0.1, 0.15) is 4.83 Å². The van der Waals surface area contributed by atoms with E-state index in [1.807, 2.05) is 11.3 Å². The summed E-state index contributed by atoms with van der Waals surface area (Å²) in [4.78, 5) is 6.20. The fourth-order valence-electron chi connectivity index (χ4n) is 4.59. The van der Waals surface area contributed by atoms with Crippen molar-refractivity contribution in [3.8, 4) is 22.4 Å². The molecule has 6 aromatic rings. The van der Waals surface area contributed by atoms with Crippen molar-refractivity contribution in [1.29, 1.82) is 0 Å². The van der Waals surface area contributed by atoms with E-state index >= 15 is 0 Å². The lowest BCUT2D eigenvalue weighted by Gasteiger charge is -2.23. The van der Waals surface area contributed by atoms with Crippen molar-refractivity contribution in [1.82, 2.24) is 4.98 Å². The molecular formula is C29H23NS2. The Kier molecular flexibility index (Phi) is 4.46. The van der Waals surface area contributed by atoms with Crippen molar-refractivity contribution in [3.05, 3.63) is 89.1 Å². The lowest BCUT2D eigenvalue weighted by molar-refractivity contribution is 0.596. The van der Waals surface area contributed by atoms with E-state index in [2.05, 4.69) is 104 Å². The molecule has 32 heavy (non-hydrogen) atoms. The lowest BCUT2D eigenvalue weighted by atomic mass is 9.82. The number of aromatic nitrogens is 1. The molecule has 0 atom stereocenters. The second kappa shape index (κ2) is 7.26. The minimum absolute atomic E-state index is 0.0506. The molecule has 0 bridgehead atoms. The van der Waals surface area contributed by atoms with Gasteiger partial charge in [0.15, 0.2) is 0 Å². The van der Waals surface area contributed by atoms with Gasteiger partial charge < -0.3 is 0 Å². The standard InChI is InChI=1S/C29H23NS2/c1-29(2,3)25-15-19(14-18-8-4-5-9-20(18)25)26-16-23(22-12-13-31-28(22)30-26)24-17-32-27-11-7-6-10-21(24)27/h4-17H,1-3H3. The van der Waals surface area contributed by atoms with E-state index < -0.39 is 0 Å². The van der Waals surface area contributed by atoms with Gasteiger partial charge in [-0.1, -0.05) is 63.2 Å². The number of fused-ring (bicyclic) bond motifs is 3. The van der Waals surface area contributed by atoms with Crippen molar-refractivity contribution in [2.75, 3.05) is 0 Å². The number of nitrogens with zero attached hydrogens (tertiary/aromatic N) is 1. The third-order valence-corrected chi connectivity index (χ3v) is 7.94. The Morgan fingerprint density at radius 1 is 0.719 bits per heavy atom. The Bertz CT molecular complexity index is 1610. The fourth-order valence-corrected chi connectivity index (χ4v) is 6.33. The summed E-state index contributed by atoms with van der Waals surface area (Å²) in [6.07, 6.45) is 0. The van der Waals surface area contributed by atoms with Crippen LogP contribution in [-0.2, 0) is 5.41 Å². The number of benzene rings is 3. The maximum atomic E-state index is 5.11. The van der Waals surface area contributed by atoms with Crippen LogP contribution in [0.25, 0.3) is 53.5 Å². The highest BCUT2D eigenvalue weighted by molar-refractivity contribution is 7.18. The van der Waals surface area contributed by atoms with Crippen LogP contribution in [0.3, 0.4) is 0 Å². The quantitative estimate of drug-likeness (QED) is 0.257. The molecule has 3 aromatic heterocycles. The minimum Gasteiger partial charge on any atom is -0.237 e. The van der Waals surface area contributed by atoms with Gasteiger partial charge in [-0.2, -0.15) is 0 Å². The SMILES string of the molecule is CC(C)(C)c1cc(-c2cc(-c3csc4ccccc34)c3ccsc3n2)cc2ccccc12. The van der Waals surface area contributed by atoms with E-state index in [1.165, 1.54) is 48.5 Å². The number of hydrogen-bond acceptors (Lipinski definition) is 3. The van der Waals surface area contributed by atoms with Crippen LogP contribution in [0.15, 0.2) is 83.6 Å². The average Bonchev–Trinajstić information content (AvgIpc) is 3.44. The average molecular weight is 450 g/mol. The summed E-state index contributed by atoms with van der Waals surface area (Å²) in [5, 5.41) is 9.59. The van der Waals surface area contributed by atoms with Gasteiger partial charge in [-0.3, -0.25) is 0 Å². The molecule has 0 aliphatic heterocycles. The summed E-state index contributed by atoms with van der Waals surface area (Å²) in [5.41, 5.74) is 6.21. The Morgan fingerprint density at radius 3 is 2.34 bits per heavy atom. The first-order valence-electron chi connectivity index (χ1n) is 10.9. The van der Waals surface area contributed by atoms with Crippen LogP contribution in [0.1, 0.15) is 26.3 Å². The first-order valence-corrected chi connectivity index (χ1v) is 12.6. The van der Waals surface area contributed by atoms with Crippen LogP contribution in [-0.4, -0.2) is 4.98 Å². The number of rotatable bonds is 2. The van der Waals surface area contributed by atoms with Gasteiger partial charge >= 0.3 is 0 Å². The molecule has 0 amide bonds. The molecule has 6 rings (SSSR count). The Morgan fingerprint density at radius 2 is 1.50 bits per heavy atom. The van der Waals surface area contributed by atoms with Crippen molar-refractivity contribution >= 4 is 53.7 Å². The molecule has 0 radical (unpaired) electrons. The fraction of sp³-hybridized carbons (Fsp3) is 0.138. The number of pyridine rings is 1. The van der Waals surface area contributed by atoms with E-state index in [0.717, 1.165) is 10.5 Å². The highest BCUT2D eigenvalue weighted by atomic mass is 32.1.